The number of fused-ring (bicyclic) bond motifs is 1. The average Bonchev–Trinajstić information content (AvgIpc) is 2.98. The highest BCUT2D eigenvalue weighted by Crippen LogP contribution is 2.27. The third-order valence-corrected chi connectivity index (χ3v) is 5.32. The largest absolute Gasteiger partial charge is 0.393 e. The van der Waals surface area contributed by atoms with E-state index >= 15 is 0 Å². The summed E-state index contributed by atoms with van der Waals surface area (Å²) in [5.74, 6) is -0.727. The summed E-state index contributed by atoms with van der Waals surface area (Å²) < 4.78 is 1.85. The first-order valence-corrected chi connectivity index (χ1v) is 9.60. The van der Waals surface area contributed by atoms with Crippen molar-refractivity contribution in [3.8, 4) is 0 Å². The van der Waals surface area contributed by atoms with E-state index in [2.05, 4.69) is 10.4 Å². The number of benzene rings is 1. The summed E-state index contributed by atoms with van der Waals surface area (Å²) in [7, 11) is 0. The molecule has 1 aliphatic carbocycles. The van der Waals surface area contributed by atoms with Crippen molar-refractivity contribution in [1.29, 1.82) is 0 Å². The van der Waals surface area contributed by atoms with Crippen LogP contribution in [0.25, 0.3) is 10.9 Å². The molecule has 146 valence electrons. The van der Waals surface area contributed by atoms with Crippen LogP contribution < -0.4 is 11.1 Å². The first kappa shape index (κ1) is 19.4. The van der Waals surface area contributed by atoms with Crippen LogP contribution in [-0.2, 0) is 11.3 Å². The molecule has 3 atom stereocenters. The first-order valence-electron chi connectivity index (χ1n) is 9.60. The molecule has 2 aromatic rings. The van der Waals surface area contributed by atoms with E-state index in [4.69, 9.17) is 5.73 Å². The van der Waals surface area contributed by atoms with Gasteiger partial charge in [0, 0.05) is 11.9 Å². The third-order valence-electron chi connectivity index (χ3n) is 5.32. The van der Waals surface area contributed by atoms with E-state index in [1.807, 2.05) is 42.8 Å². The highest BCUT2D eigenvalue weighted by atomic mass is 16.3. The van der Waals surface area contributed by atoms with Gasteiger partial charge >= 0.3 is 0 Å². The van der Waals surface area contributed by atoms with Gasteiger partial charge in [0.25, 0.3) is 5.91 Å². The Kier molecular flexibility index (Phi) is 5.79. The molecule has 1 heterocycles. The molecule has 27 heavy (non-hydrogen) atoms. The van der Waals surface area contributed by atoms with Crippen molar-refractivity contribution in [1.82, 2.24) is 15.1 Å². The zero-order chi connectivity index (χ0) is 19.6. The van der Waals surface area contributed by atoms with Crippen LogP contribution in [0, 0.1) is 11.8 Å². The highest BCUT2D eigenvalue weighted by molar-refractivity contribution is 6.06. The Bertz CT molecular complexity index is 830. The Hall–Kier alpha value is -2.41. The molecule has 1 saturated carbocycles. The Morgan fingerprint density at radius 2 is 2.07 bits per heavy atom. The van der Waals surface area contributed by atoms with E-state index in [0.29, 0.717) is 18.2 Å². The van der Waals surface area contributed by atoms with Gasteiger partial charge in [-0.25, -0.2) is 0 Å². The summed E-state index contributed by atoms with van der Waals surface area (Å²) in [6.45, 7) is 4.33. The SMILES string of the molecule is CC(C)[C@H](NC(=O)c1nn(C[C@@H]2CCC[C@H](O)C2)c2ccccc12)C(N)=O. The van der Waals surface area contributed by atoms with Gasteiger partial charge in [0.2, 0.25) is 5.91 Å². The zero-order valence-electron chi connectivity index (χ0n) is 15.9. The molecule has 2 amide bonds. The molecule has 0 spiro atoms. The number of aliphatic hydroxyl groups is 1. The number of amides is 2. The van der Waals surface area contributed by atoms with Crippen LogP contribution in [0.15, 0.2) is 24.3 Å². The van der Waals surface area contributed by atoms with E-state index < -0.39 is 17.9 Å². The summed E-state index contributed by atoms with van der Waals surface area (Å²) in [4.78, 5) is 24.4. The second kappa shape index (κ2) is 8.08. The maximum absolute atomic E-state index is 12.8. The van der Waals surface area contributed by atoms with Crippen LogP contribution >= 0.6 is 0 Å². The summed E-state index contributed by atoms with van der Waals surface area (Å²) in [5, 5.41) is 17.9. The van der Waals surface area contributed by atoms with Gasteiger partial charge in [0.1, 0.15) is 6.04 Å². The van der Waals surface area contributed by atoms with Gasteiger partial charge in [0.05, 0.1) is 11.6 Å². The molecule has 0 bridgehead atoms. The van der Waals surface area contributed by atoms with E-state index in [1.165, 1.54) is 0 Å². The minimum atomic E-state index is -0.741. The van der Waals surface area contributed by atoms with Crippen molar-refractivity contribution in [3.63, 3.8) is 0 Å². The van der Waals surface area contributed by atoms with Crippen molar-refractivity contribution < 1.29 is 14.7 Å². The fraction of sp³-hybridized carbons (Fsp3) is 0.550. The van der Waals surface area contributed by atoms with Crippen LogP contribution in [0.2, 0.25) is 0 Å². The molecule has 1 aromatic heterocycles. The lowest BCUT2D eigenvalue weighted by atomic mass is 9.87. The molecule has 7 heteroatoms. The van der Waals surface area contributed by atoms with Crippen LogP contribution in [-0.4, -0.2) is 38.8 Å². The number of primary amides is 1. The fourth-order valence-electron chi connectivity index (χ4n) is 3.88. The Labute approximate surface area is 158 Å². The molecule has 7 nitrogen and oxygen atoms in total. The normalized spacial score (nSPS) is 21.3. The number of nitrogens with two attached hydrogens (primary N) is 1. The van der Waals surface area contributed by atoms with E-state index in [-0.39, 0.29) is 12.0 Å². The lowest BCUT2D eigenvalue weighted by Crippen LogP contribution is -2.47. The number of nitrogens with zero attached hydrogens (tertiary/aromatic N) is 2. The number of hydrogen-bond acceptors (Lipinski definition) is 4. The van der Waals surface area contributed by atoms with Crippen molar-refractivity contribution >= 4 is 22.7 Å². The maximum Gasteiger partial charge on any atom is 0.273 e. The number of hydrogen-bond donors (Lipinski definition) is 3. The minimum absolute atomic E-state index is 0.108. The van der Waals surface area contributed by atoms with Crippen LogP contribution in [0.1, 0.15) is 50.0 Å². The second-order valence-electron chi connectivity index (χ2n) is 7.83. The highest BCUT2D eigenvalue weighted by Gasteiger charge is 2.26. The maximum atomic E-state index is 12.8. The smallest absolute Gasteiger partial charge is 0.273 e. The molecule has 0 saturated heterocycles. The van der Waals surface area contributed by atoms with Crippen molar-refractivity contribution in [2.24, 2.45) is 17.6 Å². The second-order valence-corrected chi connectivity index (χ2v) is 7.83. The van der Waals surface area contributed by atoms with Crippen LogP contribution in [0.3, 0.4) is 0 Å². The molecular formula is C20H28N4O3. The Balaban J connectivity index is 1.87. The quantitative estimate of drug-likeness (QED) is 0.718. The number of carbonyl (C=O) groups excluding carboxylic acids is 2. The Morgan fingerprint density at radius 3 is 2.74 bits per heavy atom. The first-order chi connectivity index (χ1) is 12.9. The standard InChI is InChI=1S/C20H28N4O3/c1-12(2)17(19(21)26)22-20(27)18-15-8-3-4-9-16(15)24(23-18)11-13-6-5-7-14(25)10-13/h3-4,8-9,12-14,17,25H,5-7,10-11H2,1-2H3,(H2,21,26)(H,22,27)/t13-,14+,17+/m1/s1. The zero-order valence-corrected chi connectivity index (χ0v) is 15.9. The number of aliphatic hydroxyl groups excluding tert-OH is 1. The lowest BCUT2D eigenvalue weighted by molar-refractivity contribution is -0.120. The molecule has 0 radical (unpaired) electrons. The topological polar surface area (TPSA) is 110 Å². The van der Waals surface area contributed by atoms with Gasteiger partial charge in [-0.2, -0.15) is 5.10 Å². The lowest BCUT2D eigenvalue weighted by Gasteiger charge is -2.25. The molecule has 1 aliphatic rings. The van der Waals surface area contributed by atoms with Gasteiger partial charge in [-0.15, -0.1) is 0 Å². The van der Waals surface area contributed by atoms with Gasteiger partial charge in [-0.1, -0.05) is 38.5 Å². The molecule has 3 rings (SSSR count). The Morgan fingerprint density at radius 1 is 1.33 bits per heavy atom. The van der Waals surface area contributed by atoms with Gasteiger partial charge < -0.3 is 16.2 Å². The predicted octanol–water partition coefficient (Wildman–Crippen LogP) is 1.83. The van der Waals surface area contributed by atoms with Crippen molar-refractivity contribution in [3.05, 3.63) is 30.0 Å². The van der Waals surface area contributed by atoms with Crippen LogP contribution in [0.5, 0.6) is 0 Å². The molecule has 1 fully saturated rings. The van der Waals surface area contributed by atoms with E-state index in [0.717, 1.165) is 36.6 Å². The average molecular weight is 372 g/mol. The number of carbonyl (C=O) groups is 2. The summed E-state index contributed by atoms with van der Waals surface area (Å²) >= 11 is 0. The summed E-state index contributed by atoms with van der Waals surface area (Å²) in [6.07, 6.45) is 3.41. The summed E-state index contributed by atoms with van der Waals surface area (Å²) in [6, 6.07) is 6.83. The van der Waals surface area contributed by atoms with Gasteiger partial charge in [-0.05, 0) is 37.2 Å². The van der Waals surface area contributed by atoms with Crippen molar-refractivity contribution in [2.75, 3.05) is 0 Å². The minimum Gasteiger partial charge on any atom is -0.393 e. The van der Waals surface area contributed by atoms with E-state index in [1.54, 1.807) is 0 Å². The monoisotopic (exact) mass is 372 g/mol. The molecule has 4 N–H and O–H groups in total. The molecule has 1 aromatic carbocycles. The summed E-state index contributed by atoms with van der Waals surface area (Å²) in [5.41, 5.74) is 6.59. The number of rotatable bonds is 6. The van der Waals surface area contributed by atoms with Gasteiger partial charge in [0.15, 0.2) is 5.69 Å². The molecule has 0 aliphatic heterocycles. The fourth-order valence-corrected chi connectivity index (χ4v) is 3.88. The number of aromatic nitrogens is 2. The van der Waals surface area contributed by atoms with Crippen molar-refractivity contribution in [2.45, 2.75) is 58.2 Å². The molecular weight excluding hydrogens is 344 g/mol. The molecule has 0 unspecified atom stereocenters. The number of para-hydroxylation sites is 1. The van der Waals surface area contributed by atoms with E-state index in [9.17, 15) is 14.7 Å². The number of nitrogens with one attached hydrogen (secondary N) is 1. The third kappa shape index (κ3) is 4.30. The van der Waals surface area contributed by atoms with Gasteiger partial charge in [-0.3, -0.25) is 14.3 Å². The van der Waals surface area contributed by atoms with Crippen LogP contribution in [0.4, 0.5) is 0 Å². The predicted molar refractivity (Wildman–Crippen MR) is 103 cm³/mol.